The molecule has 8 heteroatoms. The van der Waals surface area contributed by atoms with Gasteiger partial charge in [0.1, 0.15) is 0 Å². The van der Waals surface area contributed by atoms with Crippen LogP contribution in [0.15, 0.2) is 65.1 Å². The van der Waals surface area contributed by atoms with Crippen LogP contribution in [0.2, 0.25) is 0 Å². The maximum atomic E-state index is 11.8. The van der Waals surface area contributed by atoms with Gasteiger partial charge in [0.25, 0.3) is 11.6 Å². The number of nitro benzene ring substituents is 1. The van der Waals surface area contributed by atoms with Crippen LogP contribution in [-0.4, -0.2) is 21.1 Å². The Morgan fingerprint density at radius 2 is 1.85 bits per heavy atom. The van der Waals surface area contributed by atoms with Crippen LogP contribution in [0.5, 0.6) is 0 Å². The molecule has 0 aliphatic heterocycles. The van der Waals surface area contributed by atoms with Crippen LogP contribution in [0.25, 0.3) is 17.5 Å². The molecule has 0 spiro atoms. The number of ether oxygens (including phenoxy) is 1. The largest absolute Gasteiger partial charge is 0.452 e. The zero-order chi connectivity index (χ0) is 18.4. The normalized spacial score (nSPS) is 10.8. The van der Waals surface area contributed by atoms with Crippen LogP contribution >= 0.6 is 0 Å². The number of aromatic nitrogens is 2. The van der Waals surface area contributed by atoms with Crippen LogP contribution in [0.3, 0.4) is 0 Å². The van der Waals surface area contributed by atoms with Crippen molar-refractivity contribution in [1.29, 1.82) is 0 Å². The Hall–Kier alpha value is -3.81. The van der Waals surface area contributed by atoms with Crippen molar-refractivity contribution in [3.8, 4) is 11.5 Å². The van der Waals surface area contributed by atoms with Crippen molar-refractivity contribution in [2.75, 3.05) is 0 Å². The summed E-state index contributed by atoms with van der Waals surface area (Å²) in [5.41, 5.74) is 0.966. The van der Waals surface area contributed by atoms with Gasteiger partial charge in [-0.15, -0.1) is 10.2 Å². The Morgan fingerprint density at radius 1 is 1.12 bits per heavy atom. The molecule has 3 rings (SSSR count). The van der Waals surface area contributed by atoms with Gasteiger partial charge in [0, 0.05) is 17.7 Å². The standard InChI is InChI=1S/C18H13N3O5/c22-17(11-10-13-6-4-5-9-15(13)21(23)24)25-12-16-19-20-18(26-16)14-7-2-1-3-8-14/h1-11H,12H2/b11-10+. The number of para-hydroxylation sites is 1. The molecule has 0 unspecified atom stereocenters. The van der Waals surface area contributed by atoms with Crippen LogP contribution in [-0.2, 0) is 16.1 Å². The second kappa shape index (κ2) is 7.84. The van der Waals surface area contributed by atoms with Crippen molar-refractivity contribution in [3.05, 3.63) is 82.2 Å². The maximum Gasteiger partial charge on any atom is 0.331 e. The molecule has 130 valence electrons. The van der Waals surface area contributed by atoms with E-state index >= 15 is 0 Å². The SMILES string of the molecule is O=C(/C=C/c1ccccc1[N+](=O)[O-])OCc1nnc(-c2ccccc2)o1. The number of hydrogen-bond acceptors (Lipinski definition) is 7. The molecule has 0 N–H and O–H groups in total. The van der Waals surface area contributed by atoms with Crippen LogP contribution in [0, 0.1) is 10.1 Å². The van der Waals surface area contributed by atoms with Gasteiger partial charge in [-0.2, -0.15) is 0 Å². The molecular formula is C18H13N3O5. The lowest BCUT2D eigenvalue weighted by atomic mass is 10.1. The highest BCUT2D eigenvalue weighted by Crippen LogP contribution is 2.19. The second-order valence-corrected chi connectivity index (χ2v) is 5.12. The second-order valence-electron chi connectivity index (χ2n) is 5.12. The maximum absolute atomic E-state index is 11.8. The predicted molar refractivity (Wildman–Crippen MR) is 91.7 cm³/mol. The van der Waals surface area contributed by atoms with Crippen LogP contribution < -0.4 is 0 Å². The summed E-state index contributed by atoms with van der Waals surface area (Å²) in [5, 5.41) is 18.6. The Kier molecular flexibility index (Phi) is 5.14. The van der Waals surface area contributed by atoms with E-state index in [1.54, 1.807) is 12.1 Å². The molecule has 0 aliphatic rings. The van der Waals surface area contributed by atoms with E-state index in [-0.39, 0.29) is 18.2 Å². The first kappa shape index (κ1) is 17.0. The predicted octanol–water partition coefficient (Wildman–Crippen LogP) is 3.40. The first-order valence-corrected chi connectivity index (χ1v) is 7.59. The van der Waals surface area contributed by atoms with Crippen molar-refractivity contribution in [2.24, 2.45) is 0 Å². The van der Waals surface area contributed by atoms with Crippen molar-refractivity contribution in [2.45, 2.75) is 6.61 Å². The number of carbonyl (C=O) groups is 1. The molecule has 1 aromatic heterocycles. The van der Waals surface area contributed by atoms with E-state index in [1.807, 2.05) is 30.3 Å². The van der Waals surface area contributed by atoms with Crippen LogP contribution in [0.1, 0.15) is 11.5 Å². The van der Waals surface area contributed by atoms with E-state index in [9.17, 15) is 14.9 Å². The van der Waals surface area contributed by atoms with Gasteiger partial charge in [-0.3, -0.25) is 10.1 Å². The molecule has 0 radical (unpaired) electrons. The highest BCUT2D eigenvalue weighted by atomic mass is 16.6. The summed E-state index contributed by atoms with van der Waals surface area (Å²) < 4.78 is 10.4. The number of carbonyl (C=O) groups excluding carboxylic acids is 1. The summed E-state index contributed by atoms with van der Waals surface area (Å²) in [7, 11) is 0. The number of rotatable bonds is 6. The fourth-order valence-electron chi connectivity index (χ4n) is 2.14. The minimum absolute atomic E-state index is 0.0963. The van der Waals surface area contributed by atoms with Crippen molar-refractivity contribution in [3.63, 3.8) is 0 Å². The number of nitrogens with zero attached hydrogens (tertiary/aromatic N) is 3. The van der Waals surface area contributed by atoms with E-state index in [1.165, 1.54) is 18.2 Å². The molecule has 0 fully saturated rings. The van der Waals surface area contributed by atoms with E-state index in [0.29, 0.717) is 11.5 Å². The first-order valence-electron chi connectivity index (χ1n) is 7.59. The molecular weight excluding hydrogens is 338 g/mol. The number of benzene rings is 2. The van der Waals surface area contributed by atoms with Crippen molar-refractivity contribution < 1.29 is 18.9 Å². The molecule has 0 saturated heterocycles. The molecule has 3 aromatic rings. The monoisotopic (exact) mass is 351 g/mol. The van der Waals surface area contributed by atoms with Gasteiger partial charge in [0.2, 0.25) is 5.89 Å². The van der Waals surface area contributed by atoms with Gasteiger partial charge in [0.15, 0.2) is 6.61 Å². The topological polar surface area (TPSA) is 108 Å². The summed E-state index contributed by atoms with van der Waals surface area (Å²) in [5.74, 6) is -0.203. The molecule has 8 nitrogen and oxygen atoms in total. The average molecular weight is 351 g/mol. The summed E-state index contributed by atoms with van der Waals surface area (Å²) in [6.07, 6.45) is 2.43. The minimum Gasteiger partial charge on any atom is -0.452 e. The Bertz CT molecular complexity index is 950. The molecule has 0 aliphatic carbocycles. The first-order chi connectivity index (χ1) is 12.6. The van der Waals surface area contributed by atoms with Crippen molar-refractivity contribution in [1.82, 2.24) is 10.2 Å². The third-order valence-electron chi connectivity index (χ3n) is 3.36. The fourth-order valence-corrected chi connectivity index (χ4v) is 2.14. The fraction of sp³-hybridized carbons (Fsp3) is 0.0556. The molecule has 26 heavy (non-hydrogen) atoms. The Morgan fingerprint density at radius 3 is 2.62 bits per heavy atom. The quantitative estimate of drug-likeness (QED) is 0.290. The lowest BCUT2D eigenvalue weighted by Crippen LogP contribution is -2.01. The molecule has 0 saturated carbocycles. The molecule has 0 bridgehead atoms. The van der Waals surface area contributed by atoms with E-state index in [0.717, 1.165) is 11.6 Å². The number of esters is 1. The molecule has 0 atom stereocenters. The van der Waals surface area contributed by atoms with E-state index < -0.39 is 10.9 Å². The minimum atomic E-state index is -0.678. The summed E-state index contributed by atoms with van der Waals surface area (Å²) >= 11 is 0. The number of hydrogen-bond donors (Lipinski definition) is 0. The zero-order valence-electron chi connectivity index (χ0n) is 13.4. The summed E-state index contributed by atoms with van der Waals surface area (Å²) in [6, 6.07) is 15.3. The van der Waals surface area contributed by atoms with Gasteiger partial charge in [0.05, 0.1) is 10.5 Å². The highest BCUT2D eigenvalue weighted by molar-refractivity contribution is 5.87. The van der Waals surface area contributed by atoms with Gasteiger partial charge in [-0.25, -0.2) is 4.79 Å². The smallest absolute Gasteiger partial charge is 0.331 e. The van der Waals surface area contributed by atoms with Gasteiger partial charge >= 0.3 is 5.97 Å². The molecule has 2 aromatic carbocycles. The van der Waals surface area contributed by atoms with E-state index in [2.05, 4.69) is 10.2 Å². The molecule has 1 heterocycles. The highest BCUT2D eigenvalue weighted by Gasteiger charge is 2.11. The Labute approximate surface area is 147 Å². The summed E-state index contributed by atoms with van der Waals surface area (Å²) in [4.78, 5) is 22.2. The van der Waals surface area contributed by atoms with Crippen molar-refractivity contribution >= 4 is 17.7 Å². The van der Waals surface area contributed by atoms with Crippen LogP contribution in [0.4, 0.5) is 5.69 Å². The van der Waals surface area contributed by atoms with Gasteiger partial charge in [-0.1, -0.05) is 30.3 Å². The lowest BCUT2D eigenvalue weighted by molar-refractivity contribution is -0.385. The number of nitro groups is 1. The van der Waals surface area contributed by atoms with Gasteiger partial charge < -0.3 is 9.15 Å². The Balaban J connectivity index is 1.60. The zero-order valence-corrected chi connectivity index (χ0v) is 13.4. The lowest BCUT2D eigenvalue weighted by Gasteiger charge is -1.98. The van der Waals surface area contributed by atoms with Gasteiger partial charge in [-0.05, 0) is 24.3 Å². The molecule has 0 amide bonds. The third kappa shape index (κ3) is 4.18. The average Bonchev–Trinajstić information content (AvgIpc) is 3.14. The van der Waals surface area contributed by atoms with E-state index in [4.69, 9.17) is 9.15 Å². The third-order valence-corrected chi connectivity index (χ3v) is 3.36. The summed E-state index contributed by atoms with van der Waals surface area (Å²) in [6.45, 7) is -0.195.